The van der Waals surface area contributed by atoms with E-state index in [4.69, 9.17) is 9.47 Å². The van der Waals surface area contributed by atoms with Crippen molar-refractivity contribution in [2.45, 2.75) is 6.92 Å². The molecule has 0 radical (unpaired) electrons. The van der Waals surface area contributed by atoms with E-state index in [0.717, 1.165) is 0 Å². The van der Waals surface area contributed by atoms with Gasteiger partial charge in [-0.2, -0.15) is 5.26 Å². The molecular formula is C20H16Br2N2O4. The molecule has 0 saturated carbocycles. The number of hydrogen-bond donors (Lipinski definition) is 1. The number of methoxy groups -OCH3 is 1. The molecule has 0 aliphatic carbocycles. The summed E-state index contributed by atoms with van der Waals surface area (Å²) < 4.78 is 11.5. The highest BCUT2D eigenvalue weighted by Gasteiger charge is 2.13. The SMILES string of the molecule is CCOC(=O)c1ccc(NC(=O)/C(C#N)=C/c2cc(Br)c(OC)c(Br)c2)cc1. The Bertz CT molecular complexity index is 940. The smallest absolute Gasteiger partial charge is 0.338 e. The topological polar surface area (TPSA) is 88.4 Å². The summed E-state index contributed by atoms with van der Waals surface area (Å²) >= 11 is 6.77. The summed E-state index contributed by atoms with van der Waals surface area (Å²) in [5, 5.41) is 12.0. The number of nitriles is 1. The summed E-state index contributed by atoms with van der Waals surface area (Å²) in [7, 11) is 1.54. The van der Waals surface area contributed by atoms with Crippen LogP contribution in [0.3, 0.4) is 0 Å². The molecule has 0 aliphatic rings. The van der Waals surface area contributed by atoms with E-state index in [9.17, 15) is 14.9 Å². The summed E-state index contributed by atoms with van der Waals surface area (Å²) in [6.07, 6.45) is 1.47. The third kappa shape index (κ3) is 5.44. The molecule has 0 heterocycles. The zero-order valence-corrected chi connectivity index (χ0v) is 18.3. The van der Waals surface area contributed by atoms with E-state index in [2.05, 4.69) is 37.2 Å². The molecule has 6 nitrogen and oxygen atoms in total. The minimum Gasteiger partial charge on any atom is -0.494 e. The second-order valence-electron chi connectivity index (χ2n) is 5.44. The lowest BCUT2D eigenvalue weighted by atomic mass is 10.1. The van der Waals surface area contributed by atoms with E-state index in [-0.39, 0.29) is 12.2 Å². The monoisotopic (exact) mass is 506 g/mol. The zero-order valence-electron chi connectivity index (χ0n) is 15.1. The number of carbonyl (C=O) groups excluding carboxylic acids is 2. The molecule has 0 aromatic heterocycles. The minimum atomic E-state index is -0.561. The molecule has 0 bridgehead atoms. The van der Waals surface area contributed by atoms with Crippen molar-refractivity contribution in [1.29, 1.82) is 5.26 Å². The molecule has 1 N–H and O–H groups in total. The summed E-state index contributed by atoms with van der Waals surface area (Å²) in [4.78, 5) is 24.1. The zero-order chi connectivity index (χ0) is 20.7. The molecule has 28 heavy (non-hydrogen) atoms. The largest absolute Gasteiger partial charge is 0.494 e. The number of esters is 1. The van der Waals surface area contributed by atoms with Crippen LogP contribution in [0.4, 0.5) is 5.69 Å². The average molecular weight is 508 g/mol. The van der Waals surface area contributed by atoms with Crippen LogP contribution in [0.25, 0.3) is 6.08 Å². The van der Waals surface area contributed by atoms with Crippen LogP contribution in [-0.2, 0) is 9.53 Å². The molecule has 2 aromatic carbocycles. The van der Waals surface area contributed by atoms with E-state index in [0.29, 0.717) is 31.5 Å². The predicted octanol–water partition coefficient (Wildman–Crippen LogP) is 4.94. The third-order valence-corrected chi connectivity index (χ3v) is 4.73. The standard InChI is InChI=1S/C20H16Br2N2O4/c1-3-28-20(26)13-4-6-15(7-5-13)24-19(25)14(11-23)8-12-9-16(21)18(27-2)17(22)10-12/h4-10H,3H2,1-2H3,(H,24,25)/b14-8+. The summed E-state index contributed by atoms with van der Waals surface area (Å²) in [6.45, 7) is 2.01. The lowest BCUT2D eigenvalue weighted by Crippen LogP contribution is -2.13. The second kappa shape index (κ2) is 10.1. The molecule has 0 saturated heterocycles. The molecule has 2 aromatic rings. The Balaban J connectivity index is 2.19. The van der Waals surface area contributed by atoms with Gasteiger partial charge in [-0.1, -0.05) is 0 Å². The number of nitrogens with one attached hydrogen (secondary N) is 1. The molecule has 144 valence electrons. The molecule has 8 heteroatoms. The Labute approximate surface area is 179 Å². The van der Waals surface area contributed by atoms with Crippen molar-refractivity contribution in [2.24, 2.45) is 0 Å². The van der Waals surface area contributed by atoms with Crippen LogP contribution in [-0.4, -0.2) is 25.6 Å². The van der Waals surface area contributed by atoms with Gasteiger partial charge in [0, 0.05) is 5.69 Å². The van der Waals surface area contributed by atoms with Crippen LogP contribution in [0, 0.1) is 11.3 Å². The van der Waals surface area contributed by atoms with Gasteiger partial charge in [-0.05, 0) is 86.8 Å². The van der Waals surface area contributed by atoms with Gasteiger partial charge in [-0.25, -0.2) is 4.79 Å². The van der Waals surface area contributed by atoms with Gasteiger partial charge in [-0.3, -0.25) is 4.79 Å². The Morgan fingerprint density at radius 2 is 1.79 bits per heavy atom. The number of carbonyl (C=O) groups is 2. The number of amides is 1. The first-order chi connectivity index (χ1) is 13.4. The minimum absolute atomic E-state index is 0.0709. The highest BCUT2D eigenvalue weighted by molar-refractivity contribution is 9.11. The Morgan fingerprint density at radius 1 is 1.18 bits per heavy atom. The quantitative estimate of drug-likeness (QED) is 0.339. The van der Waals surface area contributed by atoms with Crippen LogP contribution in [0.5, 0.6) is 5.75 Å². The fourth-order valence-electron chi connectivity index (χ4n) is 2.28. The van der Waals surface area contributed by atoms with Gasteiger partial charge in [0.1, 0.15) is 17.4 Å². The van der Waals surface area contributed by atoms with Gasteiger partial charge in [-0.15, -0.1) is 0 Å². The Hall–Kier alpha value is -2.63. The fourth-order valence-corrected chi connectivity index (χ4v) is 3.82. The first-order valence-corrected chi connectivity index (χ1v) is 9.71. The van der Waals surface area contributed by atoms with Crippen molar-refractivity contribution in [2.75, 3.05) is 19.0 Å². The van der Waals surface area contributed by atoms with Gasteiger partial charge in [0.25, 0.3) is 5.91 Å². The van der Waals surface area contributed by atoms with Crippen molar-refractivity contribution in [3.63, 3.8) is 0 Å². The van der Waals surface area contributed by atoms with Crippen molar-refractivity contribution in [3.05, 3.63) is 62.0 Å². The Kier molecular flexibility index (Phi) is 7.79. The van der Waals surface area contributed by atoms with Crippen molar-refractivity contribution >= 4 is 55.5 Å². The maximum atomic E-state index is 12.4. The van der Waals surface area contributed by atoms with E-state index < -0.39 is 11.9 Å². The van der Waals surface area contributed by atoms with Gasteiger partial charge >= 0.3 is 5.97 Å². The predicted molar refractivity (Wildman–Crippen MR) is 113 cm³/mol. The molecule has 0 fully saturated rings. The maximum absolute atomic E-state index is 12.4. The first kappa shape index (κ1) is 21.7. The van der Waals surface area contributed by atoms with Crippen LogP contribution in [0.15, 0.2) is 50.9 Å². The number of benzene rings is 2. The van der Waals surface area contributed by atoms with E-state index in [1.54, 1.807) is 50.4 Å². The van der Waals surface area contributed by atoms with E-state index >= 15 is 0 Å². The number of rotatable bonds is 6. The summed E-state index contributed by atoms with van der Waals surface area (Å²) in [5.74, 6) is -0.384. The van der Waals surface area contributed by atoms with E-state index in [1.165, 1.54) is 6.08 Å². The number of halogens is 2. The van der Waals surface area contributed by atoms with Crippen LogP contribution < -0.4 is 10.1 Å². The lowest BCUT2D eigenvalue weighted by molar-refractivity contribution is -0.112. The van der Waals surface area contributed by atoms with Crippen molar-refractivity contribution in [1.82, 2.24) is 0 Å². The first-order valence-electron chi connectivity index (χ1n) is 8.13. The van der Waals surface area contributed by atoms with Crippen molar-refractivity contribution in [3.8, 4) is 11.8 Å². The average Bonchev–Trinajstić information content (AvgIpc) is 2.66. The van der Waals surface area contributed by atoms with Gasteiger partial charge in [0.15, 0.2) is 0 Å². The third-order valence-electron chi connectivity index (χ3n) is 3.55. The molecular weight excluding hydrogens is 492 g/mol. The lowest BCUT2D eigenvalue weighted by Gasteiger charge is -2.08. The second-order valence-corrected chi connectivity index (χ2v) is 7.15. The number of nitrogens with zero attached hydrogens (tertiary/aromatic N) is 1. The molecule has 0 aliphatic heterocycles. The Morgan fingerprint density at radius 3 is 2.29 bits per heavy atom. The van der Waals surface area contributed by atoms with E-state index in [1.807, 2.05) is 6.07 Å². The number of ether oxygens (including phenoxy) is 2. The molecule has 2 rings (SSSR count). The van der Waals surface area contributed by atoms with Crippen LogP contribution in [0.2, 0.25) is 0 Å². The molecule has 0 atom stereocenters. The van der Waals surface area contributed by atoms with Crippen LogP contribution in [0.1, 0.15) is 22.8 Å². The van der Waals surface area contributed by atoms with Gasteiger partial charge in [0.05, 0.1) is 28.2 Å². The van der Waals surface area contributed by atoms with Gasteiger partial charge in [0.2, 0.25) is 0 Å². The highest BCUT2D eigenvalue weighted by atomic mass is 79.9. The van der Waals surface area contributed by atoms with Crippen molar-refractivity contribution < 1.29 is 19.1 Å². The highest BCUT2D eigenvalue weighted by Crippen LogP contribution is 2.35. The summed E-state index contributed by atoms with van der Waals surface area (Å²) in [5.41, 5.74) is 1.41. The normalized spacial score (nSPS) is 10.8. The fraction of sp³-hybridized carbons (Fsp3) is 0.150. The molecule has 1 amide bonds. The van der Waals surface area contributed by atoms with Gasteiger partial charge < -0.3 is 14.8 Å². The summed E-state index contributed by atoms with van der Waals surface area (Å²) in [6, 6.07) is 11.6. The number of anilines is 1. The maximum Gasteiger partial charge on any atom is 0.338 e. The van der Waals surface area contributed by atoms with Crippen LogP contribution >= 0.6 is 31.9 Å². The number of hydrogen-bond acceptors (Lipinski definition) is 5. The molecule has 0 unspecified atom stereocenters. The molecule has 0 spiro atoms.